The van der Waals surface area contributed by atoms with Gasteiger partial charge >= 0.3 is 0 Å². The third-order valence-corrected chi connectivity index (χ3v) is 5.54. The number of nitrogens with two attached hydrogens (primary N) is 1. The summed E-state index contributed by atoms with van der Waals surface area (Å²) in [5, 5.41) is 8.96. The molecule has 104 valence electrons. The number of hydrogen-bond donors (Lipinski definition) is 2. The first-order valence-corrected chi connectivity index (χ1v) is 7.56. The van der Waals surface area contributed by atoms with Crippen LogP contribution in [-0.4, -0.2) is 66.3 Å². The highest BCUT2D eigenvalue weighted by molar-refractivity contribution is 5.08. The summed E-state index contributed by atoms with van der Waals surface area (Å²) in [6.45, 7) is 5.76. The van der Waals surface area contributed by atoms with Crippen LogP contribution in [0.15, 0.2) is 0 Å². The fourth-order valence-corrected chi connectivity index (χ4v) is 3.99. The van der Waals surface area contributed by atoms with E-state index in [0.29, 0.717) is 18.1 Å². The predicted octanol–water partition coefficient (Wildman–Crippen LogP) is 0.256. The van der Waals surface area contributed by atoms with Crippen molar-refractivity contribution in [3.63, 3.8) is 0 Å². The van der Waals surface area contributed by atoms with Gasteiger partial charge in [0.2, 0.25) is 0 Å². The molecule has 1 unspecified atom stereocenters. The van der Waals surface area contributed by atoms with Crippen molar-refractivity contribution in [1.82, 2.24) is 9.80 Å². The monoisotopic (exact) mass is 253 g/mol. The van der Waals surface area contributed by atoms with E-state index in [4.69, 9.17) is 10.8 Å². The van der Waals surface area contributed by atoms with Crippen LogP contribution in [0, 0.1) is 5.41 Å². The summed E-state index contributed by atoms with van der Waals surface area (Å²) < 4.78 is 0. The lowest BCUT2D eigenvalue weighted by atomic mass is 9.82. The van der Waals surface area contributed by atoms with E-state index in [-0.39, 0.29) is 0 Å². The van der Waals surface area contributed by atoms with E-state index in [2.05, 4.69) is 9.80 Å². The van der Waals surface area contributed by atoms with E-state index in [0.717, 1.165) is 25.7 Å². The Hall–Kier alpha value is -0.160. The van der Waals surface area contributed by atoms with Gasteiger partial charge in [0.1, 0.15) is 0 Å². The third-order valence-electron chi connectivity index (χ3n) is 5.54. The molecule has 1 aliphatic heterocycles. The standard InChI is InChI=1S/C14H27N3O/c15-13-11-14(13)3-1-12(2-4-14)17-7-5-16(6-8-17)9-10-18/h12-13,18H,1-11,15H2. The van der Waals surface area contributed by atoms with Crippen molar-refractivity contribution in [3.8, 4) is 0 Å². The molecule has 2 saturated carbocycles. The fourth-order valence-electron chi connectivity index (χ4n) is 3.99. The van der Waals surface area contributed by atoms with Gasteiger partial charge in [0.25, 0.3) is 0 Å². The second kappa shape index (κ2) is 5.08. The molecule has 18 heavy (non-hydrogen) atoms. The van der Waals surface area contributed by atoms with Crippen molar-refractivity contribution in [2.45, 2.75) is 44.2 Å². The third kappa shape index (κ3) is 2.44. The van der Waals surface area contributed by atoms with Gasteiger partial charge in [-0.3, -0.25) is 9.80 Å². The Balaban J connectivity index is 1.44. The van der Waals surface area contributed by atoms with Crippen molar-refractivity contribution in [3.05, 3.63) is 0 Å². The van der Waals surface area contributed by atoms with Crippen LogP contribution in [0.3, 0.4) is 0 Å². The Bertz CT molecular complexity index is 281. The van der Waals surface area contributed by atoms with E-state index >= 15 is 0 Å². The Kier molecular flexibility index (Phi) is 3.63. The molecule has 0 aromatic heterocycles. The van der Waals surface area contributed by atoms with E-state index in [1.165, 1.54) is 45.2 Å². The van der Waals surface area contributed by atoms with Gasteiger partial charge in [-0.25, -0.2) is 0 Å². The lowest BCUT2D eigenvalue weighted by molar-refractivity contribution is 0.0596. The van der Waals surface area contributed by atoms with Gasteiger partial charge in [0.05, 0.1) is 6.61 Å². The summed E-state index contributed by atoms with van der Waals surface area (Å²) in [6, 6.07) is 1.32. The van der Waals surface area contributed by atoms with Crippen LogP contribution in [0.1, 0.15) is 32.1 Å². The number of aliphatic hydroxyl groups excluding tert-OH is 1. The first-order chi connectivity index (χ1) is 8.73. The zero-order valence-electron chi connectivity index (χ0n) is 11.4. The van der Waals surface area contributed by atoms with Crippen molar-refractivity contribution in [2.75, 3.05) is 39.3 Å². The molecule has 3 aliphatic rings. The molecule has 1 spiro atoms. The molecule has 0 bridgehead atoms. The Morgan fingerprint density at radius 1 is 1.11 bits per heavy atom. The highest BCUT2D eigenvalue weighted by Gasteiger charge is 2.53. The molecule has 1 saturated heterocycles. The number of rotatable bonds is 3. The molecule has 2 aliphatic carbocycles. The second-order valence-corrected chi connectivity index (χ2v) is 6.51. The molecule has 0 aromatic rings. The van der Waals surface area contributed by atoms with Crippen LogP contribution in [0.2, 0.25) is 0 Å². The van der Waals surface area contributed by atoms with Crippen molar-refractivity contribution in [1.29, 1.82) is 0 Å². The van der Waals surface area contributed by atoms with E-state index < -0.39 is 0 Å². The SMILES string of the molecule is NC1CC12CCC(N1CCN(CCO)CC1)CC2. The smallest absolute Gasteiger partial charge is 0.0558 e. The summed E-state index contributed by atoms with van der Waals surface area (Å²) in [5.74, 6) is 0. The molecule has 4 nitrogen and oxygen atoms in total. The first kappa shape index (κ1) is 12.9. The van der Waals surface area contributed by atoms with Crippen LogP contribution in [0.5, 0.6) is 0 Å². The number of hydrogen-bond acceptors (Lipinski definition) is 4. The summed E-state index contributed by atoms with van der Waals surface area (Å²) in [6.07, 6.45) is 6.71. The van der Waals surface area contributed by atoms with E-state index in [9.17, 15) is 0 Å². The minimum absolute atomic E-state index is 0.295. The van der Waals surface area contributed by atoms with Crippen LogP contribution < -0.4 is 5.73 Å². The second-order valence-electron chi connectivity index (χ2n) is 6.51. The van der Waals surface area contributed by atoms with Crippen molar-refractivity contribution in [2.24, 2.45) is 11.1 Å². The average Bonchev–Trinajstić information content (AvgIpc) is 3.01. The van der Waals surface area contributed by atoms with Gasteiger partial charge in [-0.05, 0) is 37.5 Å². The van der Waals surface area contributed by atoms with E-state index in [1.807, 2.05) is 0 Å². The van der Waals surface area contributed by atoms with Gasteiger partial charge < -0.3 is 10.8 Å². The minimum Gasteiger partial charge on any atom is -0.395 e. The molecule has 0 amide bonds. The highest BCUT2D eigenvalue weighted by Crippen LogP contribution is 2.55. The maximum atomic E-state index is 8.96. The molecular weight excluding hydrogens is 226 g/mol. The number of β-amino-alcohol motifs (C(OH)–C–C–N with tert-alkyl or cyclic N) is 1. The normalized spacial score (nSPS) is 42.3. The van der Waals surface area contributed by atoms with Gasteiger partial charge in [-0.2, -0.15) is 0 Å². The average molecular weight is 253 g/mol. The molecule has 3 fully saturated rings. The lowest BCUT2D eigenvalue weighted by Crippen LogP contribution is -2.51. The first-order valence-electron chi connectivity index (χ1n) is 7.56. The number of nitrogens with zero attached hydrogens (tertiary/aromatic N) is 2. The molecule has 3 rings (SSSR count). The summed E-state index contributed by atoms with van der Waals surface area (Å²) in [7, 11) is 0. The lowest BCUT2D eigenvalue weighted by Gasteiger charge is -2.42. The highest BCUT2D eigenvalue weighted by atomic mass is 16.3. The van der Waals surface area contributed by atoms with Gasteiger partial charge in [0.15, 0.2) is 0 Å². The zero-order valence-corrected chi connectivity index (χ0v) is 11.4. The van der Waals surface area contributed by atoms with Crippen molar-refractivity contribution >= 4 is 0 Å². The molecule has 0 radical (unpaired) electrons. The van der Waals surface area contributed by atoms with Gasteiger partial charge in [-0.15, -0.1) is 0 Å². The summed E-state index contributed by atoms with van der Waals surface area (Å²) in [5.41, 5.74) is 6.63. The molecule has 1 heterocycles. The molecular formula is C14H27N3O. The minimum atomic E-state index is 0.295. The molecule has 4 heteroatoms. The maximum absolute atomic E-state index is 8.96. The summed E-state index contributed by atoms with van der Waals surface area (Å²) >= 11 is 0. The van der Waals surface area contributed by atoms with Crippen LogP contribution in [0.4, 0.5) is 0 Å². The van der Waals surface area contributed by atoms with Crippen LogP contribution >= 0.6 is 0 Å². The fraction of sp³-hybridized carbons (Fsp3) is 1.00. The molecule has 3 N–H and O–H groups in total. The topological polar surface area (TPSA) is 52.7 Å². The van der Waals surface area contributed by atoms with Gasteiger partial charge in [0, 0.05) is 44.8 Å². The zero-order chi connectivity index (χ0) is 12.6. The number of piperazine rings is 1. The molecule has 0 aromatic carbocycles. The van der Waals surface area contributed by atoms with Crippen LogP contribution in [0.25, 0.3) is 0 Å². The quantitative estimate of drug-likeness (QED) is 0.757. The Morgan fingerprint density at radius 2 is 1.72 bits per heavy atom. The molecule has 1 atom stereocenters. The Labute approximate surface area is 110 Å². The van der Waals surface area contributed by atoms with Crippen molar-refractivity contribution < 1.29 is 5.11 Å². The number of aliphatic hydroxyl groups is 1. The summed E-state index contributed by atoms with van der Waals surface area (Å²) in [4.78, 5) is 5.05. The van der Waals surface area contributed by atoms with E-state index in [1.54, 1.807) is 0 Å². The van der Waals surface area contributed by atoms with Gasteiger partial charge in [-0.1, -0.05) is 0 Å². The Morgan fingerprint density at radius 3 is 2.22 bits per heavy atom. The maximum Gasteiger partial charge on any atom is 0.0558 e. The predicted molar refractivity (Wildman–Crippen MR) is 72.4 cm³/mol. The largest absolute Gasteiger partial charge is 0.395 e. The van der Waals surface area contributed by atoms with Crippen LogP contribution in [-0.2, 0) is 0 Å².